The second-order valence-electron chi connectivity index (χ2n) is 7.00. The summed E-state index contributed by atoms with van der Waals surface area (Å²) in [4.78, 5) is 7.40. The van der Waals surface area contributed by atoms with Gasteiger partial charge in [-0.1, -0.05) is 11.6 Å². The number of nitrogens with one attached hydrogen (secondary N) is 1. The highest BCUT2D eigenvalue weighted by molar-refractivity contribution is 9.10. The average Bonchev–Trinajstić information content (AvgIpc) is 3.21. The van der Waals surface area contributed by atoms with Gasteiger partial charge in [0.1, 0.15) is 22.7 Å². The molecule has 1 saturated heterocycles. The molecule has 5 nitrogen and oxygen atoms in total. The lowest BCUT2D eigenvalue weighted by Gasteiger charge is -2.28. The smallest absolute Gasteiger partial charge is 0.244 e. The third kappa shape index (κ3) is 4.16. The van der Waals surface area contributed by atoms with E-state index in [4.69, 9.17) is 11.6 Å². The summed E-state index contributed by atoms with van der Waals surface area (Å²) in [6.45, 7) is 0.239. The van der Waals surface area contributed by atoms with Gasteiger partial charge in [-0.15, -0.1) is 0 Å². The number of hydrogen-bond donors (Lipinski definition) is 1. The lowest BCUT2D eigenvalue weighted by Crippen LogP contribution is -2.39. The normalized spacial score (nSPS) is 16.1. The summed E-state index contributed by atoms with van der Waals surface area (Å²) in [5.74, 6) is 0.0730. The van der Waals surface area contributed by atoms with Crippen LogP contribution in [0.25, 0.3) is 22.6 Å². The highest BCUT2D eigenvalue weighted by Crippen LogP contribution is 2.32. The number of sulfonamides is 1. The Bertz CT molecular complexity index is 1190. The van der Waals surface area contributed by atoms with E-state index in [0.717, 1.165) is 5.56 Å². The number of halogens is 4. The SMILES string of the molecule is O=S(=O)(c1cc(-c2ncc(-c3ccc(F)c(Br)c3)[nH]2)ccc1Cl)N1CCC(F)CC1. The number of piperidine rings is 1. The van der Waals surface area contributed by atoms with Crippen molar-refractivity contribution in [1.29, 1.82) is 0 Å². The molecule has 30 heavy (non-hydrogen) atoms. The molecule has 0 saturated carbocycles. The molecule has 0 unspecified atom stereocenters. The van der Waals surface area contributed by atoms with Crippen LogP contribution in [0.1, 0.15) is 12.8 Å². The van der Waals surface area contributed by atoms with E-state index in [2.05, 4.69) is 25.9 Å². The highest BCUT2D eigenvalue weighted by Gasteiger charge is 2.31. The molecule has 0 spiro atoms. The molecule has 1 fully saturated rings. The molecular weight excluding hydrogens is 500 g/mol. The Morgan fingerprint density at radius 3 is 2.53 bits per heavy atom. The van der Waals surface area contributed by atoms with E-state index in [9.17, 15) is 17.2 Å². The summed E-state index contributed by atoms with van der Waals surface area (Å²) < 4.78 is 54.6. The van der Waals surface area contributed by atoms with Crippen molar-refractivity contribution < 1.29 is 17.2 Å². The zero-order chi connectivity index (χ0) is 21.5. The van der Waals surface area contributed by atoms with Crippen LogP contribution in [0.4, 0.5) is 8.78 Å². The second-order valence-corrected chi connectivity index (χ2v) is 10.2. The van der Waals surface area contributed by atoms with Gasteiger partial charge in [0.15, 0.2) is 0 Å². The standard InChI is InChI=1S/C20H17BrClF2N3O2S/c21-15-9-12(2-4-17(15)24)18-11-25-20(26-18)13-1-3-16(22)19(10-13)30(28,29)27-7-5-14(23)6-8-27/h1-4,9-11,14H,5-8H2,(H,25,26). The minimum atomic E-state index is -3.86. The van der Waals surface area contributed by atoms with Crippen LogP contribution in [-0.2, 0) is 10.0 Å². The number of hydrogen-bond acceptors (Lipinski definition) is 3. The molecule has 0 aliphatic carbocycles. The number of aromatic nitrogens is 2. The van der Waals surface area contributed by atoms with Crippen molar-refractivity contribution in [2.24, 2.45) is 0 Å². The molecule has 1 N–H and O–H groups in total. The van der Waals surface area contributed by atoms with E-state index >= 15 is 0 Å². The van der Waals surface area contributed by atoms with Gasteiger partial charge in [-0.05, 0) is 65.2 Å². The van der Waals surface area contributed by atoms with Crippen LogP contribution in [0.5, 0.6) is 0 Å². The topological polar surface area (TPSA) is 66.1 Å². The summed E-state index contributed by atoms with van der Waals surface area (Å²) in [7, 11) is -3.86. The molecule has 1 aliphatic heterocycles. The third-order valence-electron chi connectivity index (χ3n) is 5.01. The van der Waals surface area contributed by atoms with Crippen molar-refractivity contribution in [1.82, 2.24) is 14.3 Å². The van der Waals surface area contributed by atoms with Gasteiger partial charge in [-0.25, -0.2) is 22.2 Å². The van der Waals surface area contributed by atoms with Gasteiger partial charge in [0.05, 0.1) is 21.4 Å². The van der Waals surface area contributed by atoms with Crippen LogP contribution in [-0.4, -0.2) is 42.0 Å². The predicted octanol–water partition coefficient (Wildman–Crippen LogP) is 5.42. The van der Waals surface area contributed by atoms with Crippen LogP contribution in [0.15, 0.2) is 52.0 Å². The van der Waals surface area contributed by atoms with Crippen molar-refractivity contribution in [2.45, 2.75) is 23.9 Å². The summed E-state index contributed by atoms with van der Waals surface area (Å²) in [5.41, 5.74) is 1.90. The van der Waals surface area contributed by atoms with E-state index in [0.29, 0.717) is 21.6 Å². The monoisotopic (exact) mass is 515 g/mol. The van der Waals surface area contributed by atoms with Crippen molar-refractivity contribution in [2.75, 3.05) is 13.1 Å². The highest BCUT2D eigenvalue weighted by atomic mass is 79.9. The quantitative estimate of drug-likeness (QED) is 0.503. The van der Waals surface area contributed by atoms with Gasteiger partial charge >= 0.3 is 0 Å². The fourth-order valence-electron chi connectivity index (χ4n) is 3.33. The molecule has 2 heterocycles. The maximum atomic E-state index is 13.5. The molecule has 0 atom stereocenters. The van der Waals surface area contributed by atoms with Gasteiger partial charge in [0.2, 0.25) is 10.0 Å². The van der Waals surface area contributed by atoms with Crippen molar-refractivity contribution in [3.63, 3.8) is 0 Å². The number of nitrogens with zero attached hydrogens (tertiary/aromatic N) is 2. The molecule has 3 aromatic rings. The molecule has 1 aliphatic rings. The molecule has 0 radical (unpaired) electrons. The Morgan fingerprint density at radius 2 is 1.83 bits per heavy atom. The van der Waals surface area contributed by atoms with Gasteiger partial charge in [0.25, 0.3) is 0 Å². The Hall–Kier alpha value is -1.81. The van der Waals surface area contributed by atoms with Crippen molar-refractivity contribution >= 4 is 37.6 Å². The van der Waals surface area contributed by atoms with Gasteiger partial charge in [0, 0.05) is 24.2 Å². The summed E-state index contributed by atoms with van der Waals surface area (Å²) >= 11 is 9.36. The van der Waals surface area contributed by atoms with Crippen LogP contribution in [0, 0.1) is 5.82 Å². The van der Waals surface area contributed by atoms with Crippen LogP contribution >= 0.6 is 27.5 Å². The van der Waals surface area contributed by atoms with E-state index < -0.39 is 16.2 Å². The summed E-state index contributed by atoms with van der Waals surface area (Å²) in [5, 5.41) is 0.0929. The number of benzene rings is 2. The van der Waals surface area contributed by atoms with Gasteiger partial charge < -0.3 is 4.98 Å². The number of rotatable bonds is 4. The number of imidazole rings is 1. The van der Waals surface area contributed by atoms with E-state index in [1.54, 1.807) is 24.4 Å². The maximum Gasteiger partial charge on any atom is 0.244 e. The lowest BCUT2D eigenvalue weighted by atomic mass is 10.1. The first-order valence-corrected chi connectivity index (χ1v) is 11.8. The largest absolute Gasteiger partial charge is 0.338 e. The first-order valence-electron chi connectivity index (χ1n) is 9.20. The first-order chi connectivity index (χ1) is 14.3. The van der Waals surface area contributed by atoms with E-state index in [-0.39, 0.29) is 41.7 Å². The molecule has 1 aromatic heterocycles. The zero-order valence-corrected chi connectivity index (χ0v) is 18.7. The average molecular weight is 517 g/mol. The minimum Gasteiger partial charge on any atom is -0.338 e. The Morgan fingerprint density at radius 1 is 1.13 bits per heavy atom. The molecule has 4 rings (SSSR count). The minimum absolute atomic E-state index is 0.0403. The second kappa shape index (κ2) is 8.37. The maximum absolute atomic E-state index is 13.5. The summed E-state index contributed by atoms with van der Waals surface area (Å²) in [6, 6.07) is 9.21. The fraction of sp³-hybridized carbons (Fsp3) is 0.250. The Labute approximate surface area is 186 Å². The number of aromatic amines is 1. The Kier molecular flexibility index (Phi) is 5.98. The Balaban J connectivity index is 1.67. The van der Waals surface area contributed by atoms with Crippen LogP contribution < -0.4 is 0 Å². The predicted molar refractivity (Wildman–Crippen MR) is 115 cm³/mol. The lowest BCUT2D eigenvalue weighted by molar-refractivity contribution is 0.210. The molecule has 0 amide bonds. The van der Waals surface area contributed by atoms with Crippen LogP contribution in [0.2, 0.25) is 5.02 Å². The van der Waals surface area contributed by atoms with Crippen molar-refractivity contribution in [3.05, 3.63) is 57.9 Å². The van der Waals surface area contributed by atoms with Crippen LogP contribution in [0.3, 0.4) is 0 Å². The zero-order valence-electron chi connectivity index (χ0n) is 15.6. The molecule has 2 aromatic carbocycles. The number of H-pyrrole nitrogens is 1. The molecule has 158 valence electrons. The molecule has 10 heteroatoms. The molecular formula is C20H17BrClF2N3O2S. The first kappa shape index (κ1) is 21.4. The molecule has 0 bridgehead atoms. The van der Waals surface area contributed by atoms with Gasteiger partial charge in [-0.3, -0.25) is 0 Å². The van der Waals surface area contributed by atoms with Gasteiger partial charge in [-0.2, -0.15) is 4.31 Å². The third-order valence-corrected chi connectivity index (χ3v) is 8.00. The summed E-state index contributed by atoms with van der Waals surface area (Å²) in [6.07, 6.45) is 0.951. The van der Waals surface area contributed by atoms with E-state index in [1.807, 2.05) is 0 Å². The van der Waals surface area contributed by atoms with E-state index in [1.165, 1.54) is 22.5 Å². The fourth-order valence-corrected chi connectivity index (χ4v) is 5.68. The number of alkyl halides is 1. The van der Waals surface area contributed by atoms with Crippen molar-refractivity contribution in [3.8, 4) is 22.6 Å².